The minimum Gasteiger partial charge on any atom is -0.385 e. The lowest BCUT2D eigenvalue weighted by Gasteiger charge is -2.41. The van der Waals surface area contributed by atoms with Gasteiger partial charge in [-0.2, -0.15) is 0 Å². The van der Waals surface area contributed by atoms with Gasteiger partial charge in [0.15, 0.2) is 5.96 Å². The van der Waals surface area contributed by atoms with E-state index in [1.54, 1.807) is 7.11 Å². The number of nitrogens with one attached hydrogen (secondary N) is 2. The summed E-state index contributed by atoms with van der Waals surface area (Å²) in [6.07, 6.45) is 10.5. The van der Waals surface area contributed by atoms with Crippen LogP contribution in [-0.4, -0.2) is 62.7 Å². The van der Waals surface area contributed by atoms with E-state index >= 15 is 0 Å². The number of ether oxygens (including phenoxy) is 1. The molecule has 0 radical (unpaired) electrons. The fraction of sp³-hybridized carbons (Fsp3) is 0.905. The molecule has 6 nitrogen and oxygen atoms in total. The van der Waals surface area contributed by atoms with Crippen molar-refractivity contribution in [2.24, 2.45) is 16.3 Å². The summed E-state index contributed by atoms with van der Waals surface area (Å²) in [7, 11) is 1.78. The molecule has 2 aliphatic carbocycles. The highest BCUT2D eigenvalue weighted by molar-refractivity contribution is 5.81. The van der Waals surface area contributed by atoms with E-state index in [2.05, 4.69) is 22.5 Å². The number of hydrogen-bond donors (Lipinski definition) is 2. The summed E-state index contributed by atoms with van der Waals surface area (Å²) in [5, 5.41) is 6.97. The van der Waals surface area contributed by atoms with Crippen molar-refractivity contribution in [1.29, 1.82) is 0 Å². The van der Waals surface area contributed by atoms with Crippen LogP contribution in [-0.2, 0) is 9.53 Å². The van der Waals surface area contributed by atoms with Crippen molar-refractivity contribution in [2.45, 2.75) is 70.8 Å². The Balaban J connectivity index is 1.51. The molecule has 6 heteroatoms. The Labute approximate surface area is 164 Å². The lowest BCUT2D eigenvalue weighted by atomic mass is 9.67. The first-order valence-corrected chi connectivity index (χ1v) is 11.0. The maximum atomic E-state index is 12.6. The zero-order valence-corrected chi connectivity index (χ0v) is 17.3. The Hall–Kier alpha value is -1.30. The lowest BCUT2D eigenvalue weighted by Crippen LogP contribution is -2.46. The second-order valence-corrected chi connectivity index (χ2v) is 8.69. The first-order chi connectivity index (χ1) is 13.2. The van der Waals surface area contributed by atoms with Gasteiger partial charge in [0.1, 0.15) is 0 Å². The maximum Gasteiger partial charge on any atom is 0.225 e. The summed E-state index contributed by atoms with van der Waals surface area (Å²) in [5.74, 6) is 1.57. The summed E-state index contributed by atoms with van der Waals surface area (Å²) in [6, 6.07) is 0.310. The molecule has 1 amide bonds. The largest absolute Gasteiger partial charge is 0.385 e. The fourth-order valence-electron chi connectivity index (χ4n) is 4.75. The molecule has 1 saturated heterocycles. The van der Waals surface area contributed by atoms with Crippen molar-refractivity contribution in [2.75, 3.05) is 39.9 Å². The third-order valence-corrected chi connectivity index (χ3v) is 6.71. The number of methoxy groups -OCH3 is 1. The van der Waals surface area contributed by atoms with E-state index in [0.717, 1.165) is 64.4 Å². The molecule has 3 aliphatic rings. The van der Waals surface area contributed by atoms with E-state index in [-0.39, 0.29) is 5.92 Å². The zero-order valence-electron chi connectivity index (χ0n) is 17.3. The fourth-order valence-corrected chi connectivity index (χ4v) is 4.75. The van der Waals surface area contributed by atoms with Gasteiger partial charge < -0.3 is 20.3 Å². The number of aliphatic imine (C=N–C) groups is 1. The third kappa shape index (κ3) is 5.37. The SMILES string of the molecule is CCNC(=NCC1(CCOC)CCC1)NC1CCN(C(=O)C2CCCC2)C1. The van der Waals surface area contributed by atoms with Crippen LogP contribution in [0.2, 0.25) is 0 Å². The number of carbonyl (C=O) groups excluding carboxylic acids is 1. The summed E-state index contributed by atoms with van der Waals surface area (Å²) in [4.78, 5) is 19.6. The van der Waals surface area contributed by atoms with E-state index in [1.807, 2.05) is 0 Å². The van der Waals surface area contributed by atoms with E-state index in [1.165, 1.54) is 32.1 Å². The standard InChI is InChI=1S/C21H38N4O2/c1-3-22-20(23-16-21(10-6-11-21)12-14-27-2)24-18-9-13-25(15-18)19(26)17-7-4-5-8-17/h17-18H,3-16H2,1-2H3,(H2,22,23,24). The monoisotopic (exact) mass is 378 g/mol. The van der Waals surface area contributed by atoms with Crippen LogP contribution in [0.1, 0.15) is 64.7 Å². The third-order valence-electron chi connectivity index (χ3n) is 6.71. The number of rotatable bonds is 8. The van der Waals surface area contributed by atoms with Crippen molar-refractivity contribution >= 4 is 11.9 Å². The number of likely N-dealkylation sites (tertiary alicyclic amines) is 1. The Bertz CT molecular complexity index is 512. The lowest BCUT2D eigenvalue weighted by molar-refractivity contribution is -0.134. The van der Waals surface area contributed by atoms with Crippen LogP contribution < -0.4 is 10.6 Å². The van der Waals surface area contributed by atoms with E-state index in [9.17, 15) is 4.79 Å². The highest BCUT2D eigenvalue weighted by Gasteiger charge is 2.37. The maximum absolute atomic E-state index is 12.6. The molecule has 1 atom stereocenters. The number of hydrogen-bond acceptors (Lipinski definition) is 3. The van der Waals surface area contributed by atoms with Gasteiger partial charge in [0.05, 0.1) is 0 Å². The second-order valence-electron chi connectivity index (χ2n) is 8.69. The Morgan fingerprint density at radius 3 is 2.63 bits per heavy atom. The average Bonchev–Trinajstić information content (AvgIpc) is 3.32. The van der Waals surface area contributed by atoms with E-state index < -0.39 is 0 Å². The van der Waals surface area contributed by atoms with Crippen LogP contribution in [0.4, 0.5) is 0 Å². The van der Waals surface area contributed by atoms with Crippen molar-refractivity contribution in [1.82, 2.24) is 15.5 Å². The molecule has 1 unspecified atom stereocenters. The minimum atomic E-state index is 0.282. The molecule has 2 saturated carbocycles. The summed E-state index contributed by atoms with van der Waals surface area (Å²) < 4.78 is 5.29. The normalized spacial score (nSPS) is 25.5. The average molecular weight is 379 g/mol. The number of nitrogens with zero attached hydrogens (tertiary/aromatic N) is 2. The smallest absolute Gasteiger partial charge is 0.225 e. The van der Waals surface area contributed by atoms with Crippen LogP contribution in [0.3, 0.4) is 0 Å². The molecule has 0 spiro atoms. The van der Waals surface area contributed by atoms with Gasteiger partial charge >= 0.3 is 0 Å². The van der Waals surface area contributed by atoms with Crippen molar-refractivity contribution in [3.05, 3.63) is 0 Å². The van der Waals surface area contributed by atoms with Gasteiger partial charge in [-0.1, -0.05) is 19.3 Å². The Kier molecular flexibility index (Phi) is 7.39. The zero-order chi connectivity index (χ0) is 19.1. The molecule has 2 N–H and O–H groups in total. The molecule has 27 heavy (non-hydrogen) atoms. The molecule has 0 aromatic carbocycles. The Morgan fingerprint density at radius 2 is 2.00 bits per heavy atom. The van der Waals surface area contributed by atoms with Gasteiger partial charge in [0.25, 0.3) is 0 Å². The highest BCUT2D eigenvalue weighted by atomic mass is 16.5. The minimum absolute atomic E-state index is 0.282. The second kappa shape index (κ2) is 9.76. The molecule has 0 aromatic heterocycles. The molecular weight excluding hydrogens is 340 g/mol. The Morgan fingerprint density at radius 1 is 1.22 bits per heavy atom. The van der Waals surface area contributed by atoms with Gasteiger partial charge in [0, 0.05) is 51.9 Å². The van der Waals surface area contributed by atoms with Gasteiger partial charge in [-0.3, -0.25) is 9.79 Å². The predicted octanol–water partition coefficient (Wildman–Crippen LogP) is 2.54. The van der Waals surface area contributed by atoms with Crippen LogP contribution >= 0.6 is 0 Å². The summed E-state index contributed by atoms with van der Waals surface area (Å²) in [5.41, 5.74) is 0.332. The van der Waals surface area contributed by atoms with Crippen molar-refractivity contribution < 1.29 is 9.53 Å². The molecule has 1 aliphatic heterocycles. The molecule has 1 heterocycles. The molecule has 3 fully saturated rings. The number of amides is 1. The van der Waals surface area contributed by atoms with Gasteiger partial charge in [-0.05, 0) is 50.9 Å². The van der Waals surface area contributed by atoms with Crippen LogP contribution in [0.15, 0.2) is 4.99 Å². The highest BCUT2D eigenvalue weighted by Crippen LogP contribution is 2.44. The summed E-state index contributed by atoms with van der Waals surface area (Å²) >= 11 is 0. The quantitative estimate of drug-likeness (QED) is 0.503. The molecule has 154 valence electrons. The number of carbonyl (C=O) groups is 1. The van der Waals surface area contributed by atoms with Gasteiger partial charge in [-0.25, -0.2) is 0 Å². The van der Waals surface area contributed by atoms with E-state index in [0.29, 0.717) is 17.4 Å². The topological polar surface area (TPSA) is 66.0 Å². The first kappa shape index (κ1) is 20.4. The molecule has 0 bridgehead atoms. The predicted molar refractivity (Wildman–Crippen MR) is 109 cm³/mol. The van der Waals surface area contributed by atoms with Gasteiger partial charge in [0.2, 0.25) is 5.91 Å². The molecule has 3 rings (SSSR count). The van der Waals surface area contributed by atoms with Gasteiger partial charge in [-0.15, -0.1) is 0 Å². The van der Waals surface area contributed by atoms with Crippen molar-refractivity contribution in [3.63, 3.8) is 0 Å². The van der Waals surface area contributed by atoms with Crippen molar-refractivity contribution in [3.8, 4) is 0 Å². The van der Waals surface area contributed by atoms with Crippen LogP contribution in [0.5, 0.6) is 0 Å². The van der Waals surface area contributed by atoms with Crippen LogP contribution in [0.25, 0.3) is 0 Å². The number of guanidine groups is 1. The molecule has 0 aromatic rings. The van der Waals surface area contributed by atoms with Crippen LogP contribution in [0, 0.1) is 11.3 Å². The van der Waals surface area contributed by atoms with E-state index in [4.69, 9.17) is 9.73 Å². The first-order valence-electron chi connectivity index (χ1n) is 11.0. The summed E-state index contributed by atoms with van der Waals surface area (Å²) in [6.45, 7) is 6.34. The molecular formula is C21H38N4O2.